The molecule has 0 amide bonds. The van der Waals surface area contributed by atoms with E-state index in [-0.39, 0.29) is 18.6 Å². The molecule has 1 aromatic carbocycles. The molecular weight excluding hydrogens is 396 g/mol. The van der Waals surface area contributed by atoms with Crippen molar-refractivity contribution in [2.75, 3.05) is 0 Å². The molecule has 2 aromatic heterocycles. The van der Waals surface area contributed by atoms with Crippen molar-refractivity contribution >= 4 is 30.1 Å². The summed E-state index contributed by atoms with van der Waals surface area (Å²) in [6.45, 7) is 8.90. The Labute approximate surface area is 175 Å². The van der Waals surface area contributed by atoms with Crippen LogP contribution in [0.15, 0.2) is 35.1 Å². The van der Waals surface area contributed by atoms with E-state index in [1.165, 1.54) is 5.19 Å². The number of rotatable bonds is 2. The van der Waals surface area contributed by atoms with Crippen LogP contribution in [0.3, 0.4) is 0 Å². The SMILES string of the molecule is CC[C@@]1(O)C(=O)OCc2c1cc1n(c2=O)Cc2cc3cccc([Si](C)(C)C)c3nc2-1. The lowest BCUT2D eigenvalue weighted by molar-refractivity contribution is -0.172. The van der Waals surface area contributed by atoms with E-state index < -0.39 is 19.6 Å². The molecule has 3 aromatic rings. The number of aliphatic hydroxyl groups is 1. The van der Waals surface area contributed by atoms with Crippen LogP contribution in [-0.4, -0.2) is 28.7 Å². The van der Waals surface area contributed by atoms with Crippen LogP contribution < -0.4 is 10.7 Å². The summed E-state index contributed by atoms with van der Waals surface area (Å²) in [4.78, 5) is 30.6. The molecule has 0 saturated carbocycles. The normalized spacial score (nSPS) is 20.0. The Balaban J connectivity index is 1.81. The van der Waals surface area contributed by atoms with Gasteiger partial charge in [0, 0.05) is 16.5 Å². The van der Waals surface area contributed by atoms with Crippen molar-refractivity contribution in [1.82, 2.24) is 9.55 Å². The summed E-state index contributed by atoms with van der Waals surface area (Å²) in [6, 6.07) is 10.2. The summed E-state index contributed by atoms with van der Waals surface area (Å²) < 4.78 is 6.81. The number of esters is 1. The number of para-hydroxylation sites is 1. The minimum absolute atomic E-state index is 0.110. The number of nitrogens with zero attached hydrogens (tertiary/aromatic N) is 2. The molecule has 0 unspecified atom stereocenters. The van der Waals surface area contributed by atoms with Gasteiger partial charge in [0.1, 0.15) is 6.61 Å². The molecule has 0 fully saturated rings. The van der Waals surface area contributed by atoms with E-state index in [1.54, 1.807) is 17.6 Å². The lowest BCUT2D eigenvalue weighted by Crippen LogP contribution is -2.44. The van der Waals surface area contributed by atoms with Gasteiger partial charge in [0.2, 0.25) is 0 Å². The molecule has 4 heterocycles. The molecule has 2 aliphatic rings. The summed E-state index contributed by atoms with van der Waals surface area (Å²) in [6.07, 6.45) is 0.138. The number of pyridine rings is 2. The number of hydrogen-bond donors (Lipinski definition) is 1. The molecular formula is C23H24N2O4Si. The van der Waals surface area contributed by atoms with Crippen LogP contribution in [0.1, 0.15) is 30.0 Å². The zero-order valence-corrected chi connectivity index (χ0v) is 18.6. The van der Waals surface area contributed by atoms with Gasteiger partial charge in [-0.25, -0.2) is 9.78 Å². The van der Waals surface area contributed by atoms with Gasteiger partial charge in [-0.15, -0.1) is 0 Å². The average Bonchev–Trinajstić information content (AvgIpc) is 3.06. The molecule has 2 aliphatic heterocycles. The Morgan fingerprint density at radius 3 is 2.70 bits per heavy atom. The van der Waals surface area contributed by atoms with E-state index in [0.717, 1.165) is 22.2 Å². The Morgan fingerprint density at radius 2 is 2.00 bits per heavy atom. The molecule has 6 nitrogen and oxygen atoms in total. The van der Waals surface area contributed by atoms with Gasteiger partial charge in [-0.3, -0.25) is 4.79 Å². The zero-order chi connectivity index (χ0) is 21.4. The van der Waals surface area contributed by atoms with Crippen molar-refractivity contribution in [3.05, 3.63) is 57.4 Å². The standard InChI is InChI=1S/C23H24N2O4Si/c1-5-23(28)16-10-17-19-14(11-25(17)21(26)15(16)12-29-22(23)27)9-13-7-6-8-18(20(13)24-19)30(2,3)4/h6-10,28H,5,11-12H2,1-4H3/t23-/m0/s1. The number of hydrogen-bond acceptors (Lipinski definition) is 5. The third-order valence-electron chi connectivity index (χ3n) is 6.35. The highest BCUT2D eigenvalue weighted by molar-refractivity contribution is 6.90. The van der Waals surface area contributed by atoms with Crippen molar-refractivity contribution in [2.45, 2.75) is 51.7 Å². The fourth-order valence-electron chi connectivity index (χ4n) is 4.61. The maximum atomic E-state index is 13.2. The highest BCUT2D eigenvalue weighted by Crippen LogP contribution is 2.38. The molecule has 154 valence electrons. The first kappa shape index (κ1) is 19.2. The van der Waals surface area contributed by atoms with Crippen LogP contribution in [0.5, 0.6) is 0 Å². The smallest absolute Gasteiger partial charge is 0.343 e. The first-order valence-electron chi connectivity index (χ1n) is 10.3. The number of fused-ring (bicyclic) bond motifs is 5. The lowest BCUT2D eigenvalue weighted by Gasteiger charge is -2.31. The molecule has 0 saturated heterocycles. The molecule has 30 heavy (non-hydrogen) atoms. The number of carbonyl (C=O) groups excluding carboxylic acids is 1. The Bertz CT molecular complexity index is 1310. The van der Waals surface area contributed by atoms with Crippen LogP contribution in [0.4, 0.5) is 0 Å². The summed E-state index contributed by atoms with van der Waals surface area (Å²) in [5, 5.41) is 13.3. The van der Waals surface area contributed by atoms with Crippen LogP contribution >= 0.6 is 0 Å². The van der Waals surface area contributed by atoms with E-state index in [4.69, 9.17) is 9.72 Å². The first-order valence-corrected chi connectivity index (χ1v) is 13.8. The largest absolute Gasteiger partial charge is 0.458 e. The van der Waals surface area contributed by atoms with E-state index in [2.05, 4.69) is 43.9 Å². The zero-order valence-electron chi connectivity index (χ0n) is 17.6. The summed E-state index contributed by atoms with van der Waals surface area (Å²) in [5.74, 6) is -0.701. The Morgan fingerprint density at radius 1 is 1.23 bits per heavy atom. The number of aromatic nitrogens is 2. The second-order valence-electron chi connectivity index (χ2n) is 9.23. The quantitative estimate of drug-likeness (QED) is 0.398. The van der Waals surface area contributed by atoms with Gasteiger partial charge in [0.05, 0.1) is 37.1 Å². The second-order valence-corrected chi connectivity index (χ2v) is 14.3. The molecule has 1 atom stereocenters. The van der Waals surface area contributed by atoms with Crippen LogP contribution in [-0.2, 0) is 28.3 Å². The Hall–Kier alpha value is -2.77. The van der Waals surface area contributed by atoms with Crippen LogP contribution in [0.25, 0.3) is 22.3 Å². The Kier molecular flexibility index (Phi) is 3.92. The first-order chi connectivity index (χ1) is 14.1. The summed E-state index contributed by atoms with van der Waals surface area (Å²) in [7, 11) is -1.63. The fourth-order valence-corrected chi connectivity index (χ4v) is 6.12. The van der Waals surface area contributed by atoms with Gasteiger partial charge in [0.15, 0.2) is 5.60 Å². The minimum Gasteiger partial charge on any atom is -0.458 e. The minimum atomic E-state index is -1.80. The topological polar surface area (TPSA) is 81.4 Å². The highest BCUT2D eigenvalue weighted by Gasteiger charge is 2.45. The fraction of sp³-hybridized carbons (Fsp3) is 0.348. The lowest BCUT2D eigenvalue weighted by atomic mass is 9.86. The van der Waals surface area contributed by atoms with Gasteiger partial charge in [-0.1, -0.05) is 44.8 Å². The van der Waals surface area contributed by atoms with Crippen LogP contribution in [0, 0.1) is 0 Å². The number of ether oxygens (including phenoxy) is 1. The van der Waals surface area contributed by atoms with E-state index >= 15 is 0 Å². The molecule has 0 bridgehead atoms. The second kappa shape index (κ2) is 6.12. The summed E-state index contributed by atoms with van der Waals surface area (Å²) in [5.41, 5.74) is 2.03. The predicted molar refractivity (Wildman–Crippen MR) is 118 cm³/mol. The molecule has 0 aliphatic carbocycles. The molecule has 7 heteroatoms. The third-order valence-corrected chi connectivity index (χ3v) is 8.37. The molecule has 0 radical (unpaired) electrons. The van der Waals surface area contributed by atoms with Crippen molar-refractivity contribution in [1.29, 1.82) is 0 Å². The molecule has 0 spiro atoms. The van der Waals surface area contributed by atoms with Gasteiger partial charge >= 0.3 is 5.97 Å². The van der Waals surface area contributed by atoms with Crippen molar-refractivity contribution in [3.63, 3.8) is 0 Å². The maximum absolute atomic E-state index is 13.2. The van der Waals surface area contributed by atoms with E-state index in [1.807, 2.05) is 0 Å². The number of carbonyl (C=O) groups is 1. The van der Waals surface area contributed by atoms with Crippen LogP contribution in [0.2, 0.25) is 19.6 Å². The van der Waals surface area contributed by atoms with Crippen molar-refractivity contribution in [2.24, 2.45) is 0 Å². The van der Waals surface area contributed by atoms with Gasteiger partial charge in [-0.05, 0) is 23.7 Å². The van der Waals surface area contributed by atoms with Gasteiger partial charge in [-0.2, -0.15) is 0 Å². The number of benzene rings is 1. The van der Waals surface area contributed by atoms with Gasteiger partial charge in [0.25, 0.3) is 5.56 Å². The monoisotopic (exact) mass is 420 g/mol. The van der Waals surface area contributed by atoms with E-state index in [0.29, 0.717) is 23.4 Å². The molecule has 1 N–H and O–H groups in total. The average molecular weight is 421 g/mol. The highest BCUT2D eigenvalue weighted by atomic mass is 28.3. The maximum Gasteiger partial charge on any atom is 0.343 e. The van der Waals surface area contributed by atoms with Crippen molar-refractivity contribution in [3.8, 4) is 11.4 Å². The van der Waals surface area contributed by atoms with Crippen molar-refractivity contribution < 1.29 is 14.6 Å². The third kappa shape index (κ3) is 2.48. The van der Waals surface area contributed by atoms with Gasteiger partial charge < -0.3 is 14.4 Å². The predicted octanol–water partition coefficient (Wildman–Crippen LogP) is 2.62. The molecule has 5 rings (SSSR count). The van der Waals surface area contributed by atoms with E-state index in [9.17, 15) is 14.7 Å². The summed E-state index contributed by atoms with van der Waals surface area (Å²) >= 11 is 0. The number of cyclic esters (lactones) is 1.